The number of amides is 1. The van der Waals surface area contributed by atoms with Crippen molar-refractivity contribution in [2.75, 3.05) is 4.90 Å². The lowest BCUT2D eigenvalue weighted by Gasteiger charge is -2.23. The second-order valence-electron chi connectivity index (χ2n) is 8.28. The lowest BCUT2D eigenvalue weighted by Crippen LogP contribution is -2.41. The molecule has 5 heteroatoms. The molecule has 158 valence electrons. The van der Waals surface area contributed by atoms with Gasteiger partial charge >= 0.3 is 0 Å². The molecular formula is C26H24BrNO3. The number of hydrogen-bond acceptors (Lipinski definition) is 3. The number of anilines is 1. The number of Topliss-reactive ketones (excluding diaryl/α,β-unsaturated/α-hetero) is 1. The summed E-state index contributed by atoms with van der Waals surface area (Å²) in [5.74, 6) is -0.379. The quantitative estimate of drug-likeness (QED) is 0.471. The van der Waals surface area contributed by atoms with Crippen LogP contribution in [-0.4, -0.2) is 16.8 Å². The molecule has 0 aliphatic carbocycles. The van der Waals surface area contributed by atoms with E-state index in [0.717, 1.165) is 15.6 Å². The fraction of sp³-hybridized carbons (Fsp3) is 0.231. The van der Waals surface area contributed by atoms with E-state index in [2.05, 4.69) is 29.8 Å². The summed E-state index contributed by atoms with van der Waals surface area (Å²) in [6.45, 7) is 4.51. The molecule has 0 bridgehead atoms. The number of carbonyl (C=O) groups excluding carboxylic acids is 2. The summed E-state index contributed by atoms with van der Waals surface area (Å²) in [7, 11) is 0. The molecule has 1 amide bonds. The molecule has 0 saturated carbocycles. The Morgan fingerprint density at radius 2 is 1.71 bits per heavy atom. The van der Waals surface area contributed by atoms with Gasteiger partial charge in [0.2, 0.25) is 0 Å². The molecule has 1 atom stereocenters. The largest absolute Gasteiger partial charge is 0.375 e. The Kier molecular flexibility index (Phi) is 5.82. The molecule has 0 radical (unpaired) electrons. The molecule has 3 aromatic rings. The summed E-state index contributed by atoms with van der Waals surface area (Å²) in [4.78, 5) is 28.0. The molecule has 1 aliphatic heterocycles. The molecule has 0 aromatic heterocycles. The number of benzene rings is 3. The summed E-state index contributed by atoms with van der Waals surface area (Å²) < 4.78 is 0.743. The summed E-state index contributed by atoms with van der Waals surface area (Å²) in [5.41, 5.74) is 1.75. The van der Waals surface area contributed by atoms with Crippen LogP contribution in [0.1, 0.15) is 53.2 Å². The van der Waals surface area contributed by atoms with Crippen molar-refractivity contribution < 1.29 is 14.7 Å². The van der Waals surface area contributed by atoms with Gasteiger partial charge in [0.05, 0.1) is 18.7 Å². The van der Waals surface area contributed by atoms with Crippen LogP contribution in [0.15, 0.2) is 77.3 Å². The maximum Gasteiger partial charge on any atom is 0.264 e. The number of aliphatic hydroxyl groups is 1. The maximum atomic E-state index is 13.4. The lowest BCUT2D eigenvalue weighted by molar-refractivity contribution is -0.136. The summed E-state index contributed by atoms with van der Waals surface area (Å²) in [6, 6.07) is 22.4. The van der Waals surface area contributed by atoms with E-state index in [1.165, 1.54) is 0 Å². The number of halogens is 1. The second kappa shape index (κ2) is 8.40. The van der Waals surface area contributed by atoms with E-state index in [9.17, 15) is 14.7 Å². The Hall–Kier alpha value is -2.76. The zero-order valence-corrected chi connectivity index (χ0v) is 19.1. The third-order valence-electron chi connectivity index (χ3n) is 5.79. The van der Waals surface area contributed by atoms with E-state index in [1.54, 1.807) is 29.2 Å². The number of hydrogen-bond donors (Lipinski definition) is 1. The van der Waals surface area contributed by atoms with Crippen LogP contribution in [0.5, 0.6) is 0 Å². The minimum Gasteiger partial charge on any atom is -0.375 e. The average Bonchev–Trinajstić information content (AvgIpc) is 2.96. The van der Waals surface area contributed by atoms with Crippen LogP contribution in [0.4, 0.5) is 5.69 Å². The van der Waals surface area contributed by atoms with E-state index >= 15 is 0 Å². The lowest BCUT2D eigenvalue weighted by atomic mass is 9.87. The van der Waals surface area contributed by atoms with Crippen molar-refractivity contribution in [3.05, 3.63) is 99.5 Å². The Labute approximate surface area is 190 Å². The van der Waals surface area contributed by atoms with E-state index in [0.29, 0.717) is 29.3 Å². The fourth-order valence-corrected chi connectivity index (χ4v) is 4.37. The predicted molar refractivity (Wildman–Crippen MR) is 125 cm³/mol. The minimum atomic E-state index is -1.90. The number of rotatable bonds is 6. The van der Waals surface area contributed by atoms with Crippen molar-refractivity contribution in [1.29, 1.82) is 0 Å². The predicted octanol–water partition coefficient (Wildman–Crippen LogP) is 5.58. The molecule has 1 heterocycles. The highest BCUT2D eigenvalue weighted by Gasteiger charge is 2.51. The van der Waals surface area contributed by atoms with Gasteiger partial charge < -0.3 is 10.0 Å². The van der Waals surface area contributed by atoms with E-state index < -0.39 is 11.5 Å². The van der Waals surface area contributed by atoms with Crippen molar-refractivity contribution in [1.82, 2.24) is 0 Å². The first-order valence-corrected chi connectivity index (χ1v) is 11.1. The third-order valence-corrected chi connectivity index (χ3v) is 6.29. The van der Waals surface area contributed by atoms with Crippen molar-refractivity contribution in [3.8, 4) is 0 Å². The van der Waals surface area contributed by atoms with Gasteiger partial charge in [-0.15, -0.1) is 0 Å². The normalized spacial score (nSPS) is 17.8. The van der Waals surface area contributed by atoms with Crippen LogP contribution in [0, 0.1) is 0 Å². The third kappa shape index (κ3) is 4.08. The monoisotopic (exact) mass is 477 g/mol. The van der Waals surface area contributed by atoms with Gasteiger partial charge in [0.25, 0.3) is 5.91 Å². The van der Waals surface area contributed by atoms with Crippen molar-refractivity contribution in [2.45, 2.75) is 38.3 Å². The zero-order chi connectivity index (χ0) is 22.2. The molecule has 1 N–H and O–H groups in total. The van der Waals surface area contributed by atoms with Crippen molar-refractivity contribution in [2.24, 2.45) is 0 Å². The van der Waals surface area contributed by atoms with Crippen LogP contribution >= 0.6 is 15.9 Å². The smallest absolute Gasteiger partial charge is 0.264 e. The van der Waals surface area contributed by atoms with Crippen LogP contribution in [-0.2, 0) is 16.9 Å². The first-order chi connectivity index (χ1) is 14.8. The first-order valence-electron chi connectivity index (χ1n) is 10.3. The van der Waals surface area contributed by atoms with Gasteiger partial charge in [-0.2, -0.15) is 0 Å². The van der Waals surface area contributed by atoms with Gasteiger partial charge in [-0.05, 0) is 35.2 Å². The van der Waals surface area contributed by atoms with Crippen molar-refractivity contribution >= 4 is 33.3 Å². The number of fused-ring (bicyclic) bond motifs is 1. The van der Waals surface area contributed by atoms with Crippen LogP contribution in [0.25, 0.3) is 0 Å². The van der Waals surface area contributed by atoms with Crippen LogP contribution in [0.3, 0.4) is 0 Å². The average molecular weight is 478 g/mol. The van der Waals surface area contributed by atoms with Gasteiger partial charge in [0, 0.05) is 15.6 Å². The standard InChI is InChI=1S/C26H24BrNO3/c1-17(2)19-8-10-20(11-9-19)24(29)15-26(31)22-14-21(27)12-13-23(22)28(25(26)30)16-18-6-4-3-5-7-18/h3-14,17,31H,15-16H2,1-2H3/t26-/m0/s1. The molecule has 4 nitrogen and oxygen atoms in total. The topological polar surface area (TPSA) is 57.6 Å². The fourth-order valence-electron chi connectivity index (χ4n) is 4.00. The highest BCUT2D eigenvalue weighted by molar-refractivity contribution is 9.10. The van der Waals surface area contributed by atoms with Gasteiger partial charge in [-0.1, -0.05) is 84.4 Å². The molecule has 0 fully saturated rings. The maximum absolute atomic E-state index is 13.4. The van der Waals surface area contributed by atoms with Gasteiger partial charge in [0.15, 0.2) is 11.4 Å². The highest BCUT2D eigenvalue weighted by Crippen LogP contribution is 2.44. The molecule has 0 spiro atoms. The molecule has 4 rings (SSSR count). The summed E-state index contributed by atoms with van der Waals surface area (Å²) >= 11 is 3.43. The summed E-state index contributed by atoms with van der Waals surface area (Å²) in [5, 5.41) is 11.5. The second-order valence-corrected chi connectivity index (χ2v) is 9.19. The molecule has 0 unspecified atom stereocenters. The SMILES string of the molecule is CC(C)c1ccc(C(=O)C[C@@]2(O)C(=O)N(Cc3ccccc3)c3ccc(Br)cc32)cc1. The van der Waals surface area contributed by atoms with Crippen molar-refractivity contribution in [3.63, 3.8) is 0 Å². The van der Waals surface area contributed by atoms with E-state index in [4.69, 9.17) is 0 Å². The van der Waals surface area contributed by atoms with Crippen LogP contribution < -0.4 is 4.90 Å². The van der Waals surface area contributed by atoms with Gasteiger partial charge in [0.1, 0.15) is 0 Å². The number of carbonyl (C=O) groups is 2. The highest BCUT2D eigenvalue weighted by atomic mass is 79.9. The van der Waals surface area contributed by atoms with Gasteiger partial charge in [-0.25, -0.2) is 0 Å². The molecule has 0 saturated heterocycles. The molecule has 1 aliphatic rings. The Morgan fingerprint density at radius 3 is 2.35 bits per heavy atom. The van der Waals surface area contributed by atoms with E-state index in [1.807, 2.05) is 48.5 Å². The van der Waals surface area contributed by atoms with Gasteiger partial charge in [-0.3, -0.25) is 9.59 Å². The number of nitrogens with zero attached hydrogens (tertiary/aromatic N) is 1. The first kappa shape index (κ1) is 21.5. The number of ketones is 1. The molecule has 31 heavy (non-hydrogen) atoms. The summed E-state index contributed by atoms with van der Waals surface area (Å²) in [6.07, 6.45) is -0.304. The Balaban J connectivity index is 1.67. The zero-order valence-electron chi connectivity index (χ0n) is 17.5. The minimum absolute atomic E-state index is 0.265. The van der Waals surface area contributed by atoms with E-state index in [-0.39, 0.29) is 12.2 Å². The Bertz CT molecular complexity index is 1130. The Morgan fingerprint density at radius 1 is 1.03 bits per heavy atom. The molecule has 3 aromatic carbocycles. The molecular weight excluding hydrogens is 454 g/mol. The van der Waals surface area contributed by atoms with Crippen LogP contribution in [0.2, 0.25) is 0 Å².